The third-order valence-corrected chi connectivity index (χ3v) is 4.96. The maximum Gasteiger partial charge on any atom is 0.151 e. The highest BCUT2D eigenvalue weighted by atomic mass is 32.1. The van der Waals surface area contributed by atoms with Crippen molar-refractivity contribution in [2.75, 3.05) is 25.0 Å². The summed E-state index contributed by atoms with van der Waals surface area (Å²) in [5.74, 6) is 1.03. The van der Waals surface area contributed by atoms with E-state index in [4.69, 9.17) is 0 Å². The zero-order chi connectivity index (χ0) is 12.8. The Labute approximate surface area is 116 Å². The van der Waals surface area contributed by atoms with Crippen LogP contribution in [0.5, 0.6) is 0 Å². The summed E-state index contributed by atoms with van der Waals surface area (Å²) < 4.78 is 0. The summed E-state index contributed by atoms with van der Waals surface area (Å²) in [4.78, 5) is 4.86. The third-order valence-electron chi connectivity index (χ3n) is 4.28. The highest BCUT2D eigenvalue weighted by Crippen LogP contribution is 2.32. The first-order valence-electron chi connectivity index (χ1n) is 6.64. The number of fused-ring (bicyclic) bond motifs is 2. The standard InChI is InChI=1S/C14H16N4S/c1-17-7-12-6-11(17)8-18(12)14-3-2-13(15-16-14)10-4-5-19-9-10/h2-5,9,11-12H,6-8H2,1H3. The maximum absolute atomic E-state index is 4.42. The lowest BCUT2D eigenvalue weighted by Crippen LogP contribution is -2.44. The van der Waals surface area contributed by atoms with Crippen LogP contribution in [0, 0.1) is 0 Å². The molecule has 98 valence electrons. The van der Waals surface area contributed by atoms with Crippen molar-refractivity contribution < 1.29 is 0 Å². The lowest BCUT2D eigenvalue weighted by molar-refractivity contribution is 0.292. The van der Waals surface area contributed by atoms with Gasteiger partial charge in [0.15, 0.2) is 5.82 Å². The molecule has 4 heterocycles. The second-order valence-electron chi connectivity index (χ2n) is 5.42. The van der Waals surface area contributed by atoms with Crippen molar-refractivity contribution in [1.82, 2.24) is 15.1 Å². The monoisotopic (exact) mass is 272 g/mol. The van der Waals surface area contributed by atoms with Gasteiger partial charge >= 0.3 is 0 Å². The summed E-state index contributed by atoms with van der Waals surface area (Å²) in [6.45, 7) is 2.24. The lowest BCUT2D eigenvalue weighted by Gasteiger charge is -2.32. The molecule has 0 radical (unpaired) electrons. The van der Waals surface area contributed by atoms with Gasteiger partial charge in [-0.25, -0.2) is 0 Å². The molecule has 2 bridgehead atoms. The van der Waals surface area contributed by atoms with Gasteiger partial charge in [-0.3, -0.25) is 4.90 Å². The number of thiophene rings is 1. The Morgan fingerprint density at radius 3 is 2.68 bits per heavy atom. The molecule has 2 atom stereocenters. The van der Waals surface area contributed by atoms with Crippen LogP contribution in [0.4, 0.5) is 5.82 Å². The van der Waals surface area contributed by atoms with E-state index < -0.39 is 0 Å². The Morgan fingerprint density at radius 1 is 1.16 bits per heavy atom. The number of anilines is 1. The Hall–Kier alpha value is -1.46. The van der Waals surface area contributed by atoms with Gasteiger partial charge in [0.2, 0.25) is 0 Å². The molecule has 2 aromatic heterocycles. The van der Waals surface area contributed by atoms with Crippen molar-refractivity contribution in [2.45, 2.75) is 18.5 Å². The van der Waals surface area contributed by atoms with E-state index in [1.54, 1.807) is 11.3 Å². The van der Waals surface area contributed by atoms with Crippen molar-refractivity contribution in [3.05, 3.63) is 29.0 Å². The van der Waals surface area contributed by atoms with Gasteiger partial charge in [0.1, 0.15) is 0 Å². The maximum atomic E-state index is 4.42. The van der Waals surface area contributed by atoms with Crippen LogP contribution in [-0.2, 0) is 0 Å². The van der Waals surface area contributed by atoms with Crippen LogP contribution in [0.1, 0.15) is 6.42 Å². The smallest absolute Gasteiger partial charge is 0.151 e. The molecule has 2 aliphatic rings. The second-order valence-corrected chi connectivity index (χ2v) is 6.20. The first-order chi connectivity index (χ1) is 9.31. The number of likely N-dealkylation sites (N-methyl/N-ethyl adjacent to an activating group) is 1. The Morgan fingerprint density at radius 2 is 2.11 bits per heavy atom. The van der Waals surface area contributed by atoms with Gasteiger partial charge in [-0.15, -0.1) is 10.2 Å². The van der Waals surface area contributed by atoms with Gasteiger partial charge in [0.25, 0.3) is 0 Å². The van der Waals surface area contributed by atoms with Crippen molar-refractivity contribution >= 4 is 17.2 Å². The molecule has 0 aromatic carbocycles. The van der Waals surface area contributed by atoms with Crippen LogP contribution in [0.3, 0.4) is 0 Å². The number of hydrogen-bond donors (Lipinski definition) is 0. The van der Waals surface area contributed by atoms with Crippen LogP contribution >= 0.6 is 11.3 Å². The Balaban J connectivity index is 1.57. The quantitative estimate of drug-likeness (QED) is 0.838. The second kappa shape index (κ2) is 4.28. The van der Waals surface area contributed by atoms with E-state index >= 15 is 0 Å². The fourth-order valence-electron chi connectivity index (χ4n) is 3.19. The fourth-order valence-corrected chi connectivity index (χ4v) is 3.84. The van der Waals surface area contributed by atoms with Gasteiger partial charge in [-0.05, 0) is 37.0 Å². The molecule has 4 nitrogen and oxygen atoms in total. The normalized spacial score (nSPS) is 26.3. The molecule has 0 amide bonds. The molecular weight excluding hydrogens is 256 g/mol. The molecule has 2 aliphatic heterocycles. The largest absolute Gasteiger partial charge is 0.349 e. The minimum Gasteiger partial charge on any atom is -0.349 e. The molecule has 2 fully saturated rings. The van der Waals surface area contributed by atoms with Crippen molar-refractivity contribution in [1.29, 1.82) is 0 Å². The molecule has 2 saturated heterocycles. The van der Waals surface area contributed by atoms with Crippen LogP contribution < -0.4 is 4.90 Å². The number of piperazine rings is 1. The first-order valence-corrected chi connectivity index (χ1v) is 7.59. The predicted octanol–water partition coefficient (Wildman–Crippen LogP) is 2.10. The molecule has 0 saturated carbocycles. The van der Waals surface area contributed by atoms with Gasteiger partial charge < -0.3 is 4.90 Å². The van der Waals surface area contributed by atoms with Gasteiger partial charge in [-0.2, -0.15) is 11.3 Å². The molecule has 0 spiro atoms. The number of rotatable bonds is 2. The summed E-state index contributed by atoms with van der Waals surface area (Å²) in [6, 6.07) is 7.60. The molecule has 0 N–H and O–H groups in total. The third kappa shape index (κ3) is 1.84. The summed E-state index contributed by atoms with van der Waals surface area (Å²) in [7, 11) is 2.22. The Bertz CT molecular complexity index is 564. The van der Waals surface area contributed by atoms with E-state index in [1.807, 2.05) is 0 Å². The van der Waals surface area contributed by atoms with Crippen LogP contribution in [0.25, 0.3) is 11.3 Å². The summed E-state index contributed by atoms with van der Waals surface area (Å²) >= 11 is 1.69. The van der Waals surface area contributed by atoms with Gasteiger partial charge in [-0.1, -0.05) is 0 Å². The lowest BCUT2D eigenvalue weighted by atomic mass is 10.2. The minimum atomic E-state index is 0.622. The van der Waals surface area contributed by atoms with E-state index in [1.165, 1.54) is 6.42 Å². The molecule has 4 rings (SSSR count). The van der Waals surface area contributed by atoms with E-state index in [9.17, 15) is 0 Å². The number of hydrogen-bond acceptors (Lipinski definition) is 5. The van der Waals surface area contributed by atoms with Gasteiger partial charge in [0.05, 0.1) is 5.69 Å². The number of likely N-dealkylation sites (tertiary alicyclic amines) is 1. The average molecular weight is 272 g/mol. The fraction of sp³-hybridized carbons (Fsp3) is 0.429. The highest BCUT2D eigenvalue weighted by Gasteiger charge is 2.41. The zero-order valence-electron chi connectivity index (χ0n) is 10.9. The van der Waals surface area contributed by atoms with Crippen LogP contribution in [-0.4, -0.2) is 47.3 Å². The summed E-state index contributed by atoms with van der Waals surface area (Å²) in [5.41, 5.74) is 2.12. The highest BCUT2D eigenvalue weighted by molar-refractivity contribution is 7.08. The first kappa shape index (κ1) is 11.4. The molecule has 2 aromatic rings. The van der Waals surface area contributed by atoms with E-state index in [-0.39, 0.29) is 0 Å². The molecular formula is C14H16N4S. The van der Waals surface area contributed by atoms with Crippen LogP contribution in [0.2, 0.25) is 0 Å². The molecule has 5 heteroatoms. The molecule has 19 heavy (non-hydrogen) atoms. The molecule has 2 unspecified atom stereocenters. The number of aromatic nitrogens is 2. The average Bonchev–Trinajstić information content (AvgIpc) is 3.15. The minimum absolute atomic E-state index is 0.622. The van der Waals surface area contributed by atoms with Crippen molar-refractivity contribution in [3.63, 3.8) is 0 Å². The van der Waals surface area contributed by atoms with E-state index in [0.717, 1.165) is 30.2 Å². The summed E-state index contributed by atoms with van der Waals surface area (Å²) in [5, 5.41) is 13.0. The van der Waals surface area contributed by atoms with Crippen molar-refractivity contribution in [2.24, 2.45) is 0 Å². The van der Waals surface area contributed by atoms with Gasteiger partial charge in [0, 0.05) is 36.1 Å². The Kier molecular flexibility index (Phi) is 2.56. The number of nitrogens with zero attached hydrogens (tertiary/aromatic N) is 4. The van der Waals surface area contributed by atoms with Crippen molar-refractivity contribution in [3.8, 4) is 11.3 Å². The zero-order valence-corrected chi connectivity index (χ0v) is 11.7. The van der Waals surface area contributed by atoms with E-state index in [2.05, 4.69) is 56.0 Å². The van der Waals surface area contributed by atoms with Crippen LogP contribution in [0.15, 0.2) is 29.0 Å². The molecule has 0 aliphatic carbocycles. The summed E-state index contributed by atoms with van der Waals surface area (Å²) in [6.07, 6.45) is 1.27. The predicted molar refractivity (Wildman–Crippen MR) is 77.5 cm³/mol. The van der Waals surface area contributed by atoms with E-state index in [0.29, 0.717) is 12.1 Å². The SMILES string of the molecule is CN1CC2CC1CN2c1ccc(-c2ccsc2)nn1. The topological polar surface area (TPSA) is 32.3 Å².